The van der Waals surface area contributed by atoms with Crippen molar-refractivity contribution in [3.63, 3.8) is 0 Å². The zero-order valence-corrected chi connectivity index (χ0v) is 19.1. The maximum atomic E-state index is 12.8. The number of carbonyl (C=O) groups is 2. The molecule has 0 unspecified atom stereocenters. The second-order valence-corrected chi connectivity index (χ2v) is 10.1. The molecule has 1 heterocycles. The smallest absolute Gasteiger partial charge is 0.306 e. The number of sulfonamides is 1. The molecular formula is C24H30N2O5S. The van der Waals surface area contributed by atoms with Crippen LogP contribution in [0.1, 0.15) is 38.2 Å². The first-order valence-electron chi connectivity index (χ1n) is 10.9. The van der Waals surface area contributed by atoms with Crippen molar-refractivity contribution < 1.29 is 22.7 Å². The zero-order valence-electron chi connectivity index (χ0n) is 18.3. The Balaban J connectivity index is 1.41. The minimum absolute atomic E-state index is 0.00379. The predicted molar refractivity (Wildman–Crippen MR) is 123 cm³/mol. The average molecular weight is 459 g/mol. The van der Waals surface area contributed by atoms with Gasteiger partial charge >= 0.3 is 5.97 Å². The van der Waals surface area contributed by atoms with Gasteiger partial charge in [-0.2, -0.15) is 4.31 Å². The van der Waals surface area contributed by atoms with Crippen LogP contribution in [-0.4, -0.2) is 44.3 Å². The Hall–Kier alpha value is -2.71. The van der Waals surface area contributed by atoms with Crippen molar-refractivity contribution in [2.24, 2.45) is 5.92 Å². The molecule has 0 bridgehead atoms. The van der Waals surface area contributed by atoms with Crippen molar-refractivity contribution in [1.82, 2.24) is 4.31 Å². The van der Waals surface area contributed by atoms with Crippen LogP contribution in [0.3, 0.4) is 0 Å². The van der Waals surface area contributed by atoms with Crippen molar-refractivity contribution >= 4 is 27.6 Å². The van der Waals surface area contributed by atoms with E-state index in [0.717, 1.165) is 18.4 Å². The summed E-state index contributed by atoms with van der Waals surface area (Å²) in [4.78, 5) is 24.2. The molecule has 1 amide bonds. The van der Waals surface area contributed by atoms with E-state index in [4.69, 9.17) is 4.74 Å². The minimum atomic E-state index is -3.52. The molecule has 0 aromatic heterocycles. The van der Waals surface area contributed by atoms with Crippen LogP contribution >= 0.6 is 0 Å². The normalized spacial score (nSPS) is 15.3. The molecule has 32 heavy (non-hydrogen) atoms. The van der Waals surface area contributed by atoms with Crippen molar-refractivity contribution in [1.29, 1.82) is 0 Å². The molecule has 1 aliphatic rings. The van der Waals surface area contributed by atoms with E-state index >= 15 is 0 Å². The number of benzene rings is 2. The summed E-state index contributed by atoms with van der Waals surface area (Å²) in [7, 11) is -3.52. The first kappa shape index (κ1) is 23.9. The van der Waals surface area contributed by atoms with Crippen LogP contribution in [-0.2, 0) is 30.8 Å². The van der Waals surface area contributed by atoms with E-state index in [1.54, 1.807) is 12.1 Å². The maximum Gasteiger partial charge on any atom is 0.306 e. The van der Waals surface area contributed by atoms with E-state index in [-0.39, 0.29) is 30.3 Å². The second kappa shape index (κ2) is 11.2. The molecule has 1 fully saturated rings. The van der Waals surface area contributed by atoms with Crippen LogP contribution < -0.4 is 5.32 Å². The summed E-state index contributed by atoms with van der Waals surface area (Å²) in [6.07, 6.45) is 2.34. The Morgan fingerprint density at radius 2 is 1.66 bits per heavy atom. The lowest BCUT2D eigenvalue weighted by molar-refractivity contribution is -0.144. The van der Waals surface area contributed by atoms with Crippen molar-refractivity contribution in [3.8, 4) is 0 Å². The summed E-state index contributed by atoms with van der Waals surface area (Å²) in [5.74, 6) is -0.209. The number of amides is 1. The monoisotopic (exact) mass is 458 g/mol. The van der Waals surface area contributed by atoms with E-state index in [2.05, 4.69) is 12.2 Å². The summed E-state index contributed by atoms with van der Waals surface area (Å²) in [6, 6.07) is 15.8. The molecule has 0 aliphatic carbocycles. The molecule has 1 saturated heterocycles. The van der Waals surface area contributed by atoms with Crippen molar-refractivity contribution in [2.45, 2.75) is 43.9 Å². The highest BCUT2D eigenvalue weighted by atomic mass is 32.2. The number of carbonyl (C=O) groups excluding carboxylic acids is 2. The average Bonchev–Trinajstić information content (AvgIpc) is 2.79. The predicted octanol–water partition coefficient (Wildman–Crippen LogP) is 3.61. The SMILES string of the molecule is CC1CCN(S(=O)(=O)c2ccc(NC(=O)CCC(=O)OCCc3ccccc3)cc2)CC1. The quantitative estimate of drug-likeness (QED) is 0.580. The number of anilines is 1. The number of esters is 1. The van der Waals surface area contributed by atoms with E-state index in [9.17, 15) is 18.0 Å². The molecule has 2 aromatic carbocycles. The van der Waals surface area contributed by atoms with Gasteiger partial charge in [-0.1, -0.05) is 37.3 Å². The number of ether oxygens (including phenoxy) is 1. The van der Waals surface area contributed by atoms with E-state index < -0.39 is 16.0 Å². The Kier molecular flexibility index (Phi) is 8.41. The molecule has 1 N–H and O–H groups in total. The highest BCUT2D eigenvalue weighted by molar-refractivity contribution is 7.89. The number of rotatable bonds is 9. The molecule has 0 saturated carbocycles. The molecule has 0 atom stereocenters. The van der Waals surface area contributed by atoms with E-state index in [1.807, 2.05) is 30.3 Å². The fourth-order valence-electron chi connectivity index (χ4n) is 3.52. The Morgan fingerprint density at radius 3 is 2.31 bits per heavy atom. The molecule has 0 spiro atoms. The van der Waals surface area contributed by atoms with Crippen LogP contribution in [0.25, 0.3) is 0 Å². The van der Waals surface area contributed by atoms with Gasteiger partial charge in [-0.05, 0) is 48.6 Å². The highest BCUT2D eigenvalue weighted by Crippen LogP contribution is 2.24. The van der Waals surface area contributed by atoms with Gasteiger partial charge in [-0.3, -0.25) is 9.59 Å². The first-order chi connectivity index (χ1) is 15.3. The Labute approximate surface area is 189 Å². The summed E-state index contributed by atoms with van der Waals surface area (Å²) >= 11 is 0. The molecule has 172 valence electrons. The molecule has 7 nitrogen and oxygen atoms in total. The summed E-state index contributed by atoms with van der Waals surface area (Å²) < 4.78 is 32.2. The van der Waals surface area contributed by atoms with Gasteiger partial charge < -0.3 is 10.1 Å². The molecule has 3 rings (SSSR count). The van der Waals surface area contributed by atoms with Crippen LogP contribution in [0, 0.1) is 5.92 Å². The van der Waals surface area contributed by atoms with Gasteiger partial charge in [0.2, 0.25) is 15.9 Å². The van der Waals surface area contributed by atoms with E-state index in [1.165, 1.54) is 16.4 Å². The minimum Gasteiger partial charge on any atom is -0.465 e. The third kappa shape index (κ3) is 6.90. The van der Waals surface area contributed by atoms with Crippen LogP contribution in [0.4, 0.5) is 5.69 Å². The fourth-order valence-corrected chi connectivity index (χ4v) is 4.99. The molecule has 0 radical (unpaired) electrons. The lowest BCUT2D eigenvalue weighted by atomic mass is 10.0. The first-order valence-corrected chi connectivity index (χ1v) is 12.4. The molecule has 1 aliphatic heterocycles. The standard InChI is InChI=1S/C24H30N2O5S/c1-19-13-16-26(17-14-19)32(29,30)22-9-7-21(8-10-22)25-23(27)11-12-24(28)31-18-15-20-5-3-2-4-6-20/h2-10,19H,11-18H2,1H3,(H,25,27). The molecule has 8 heteroatoms. The lowest BCUT2D eigenvalue weighted by Crippen LogP contribution is -2.37. The maximum absolute atomic E-state index is 12.8. The van der Waals surface area contributed by atoms with Gasteiger partial charge in [0.15, 0.2) is 0 Å². The largest absolute Gasteiger partial charge is 0.465 e. The third-order valence-electron chi connectivity index (χ3n) is 5.57. The van der Waals surface area contributed by atoms with Crippen molar-refractivity contribution in [3.05, 3.63) is 60.2 Å². The second-order valence-electron chi connectivity index (χ2n) is 8.12. The number of hydrogen-bond donors (Lipinski definition) is 1. The van der Waals surface area contributed by atoms with Crippen molar-refractivity contribution in [2.75, 3.05) is 25.0 Å². The summed E-state index contributed by atoms with van der Waals surface area (Å²) in [5, 5.41) is 2.69. The van der Waals surface area contributed by atoms with Gasteiger partial charge in [-0.15, -0.1) is 0 Å². The van der Waals surface area contributed by atoms with Crippen LogP contribution in [0.5, 0.6) is 0 Å². The third-order valence-corrected chi connectivity index (χ3v) is 7.48. The van der Waals surface area contributed by atoms with Crippen LogP contribution in [0.15, 0.2) is 59.5 Å². The van der Waals surface area contributed by atoms with Gasteiger partial charge in [-0.25, -0.2) is 8.42 Å². The number of hydrogen-bond acceptors (Lipinski definition) is 5. The summed E-state index contributed by atoms with van der Waals surface area (Å²) in [5.41, 5.74) is 1.57. The Bertz CT molecular complexity index is 998. The van der Waals surface area contributed by atoms with Gasteiger partial charge in [0.1, 0.15) is 0 Å². The summed E-state index contributed by atoms with van der Waals surface area (Å²) in [6.45, 7) is 3.47. The van der Waals surface area contributed by atoms with Gasteiger partial charge in [0.05, 0.1) is 17.9 Å². The number of nitrogens with one attached hydrogen (secondary N) is 1. The van der Waals surface area contributed by atoms with E-state index in [0.29, 0.717) is 31.1 Å². The number of piperidine rings is 1. The molecular weight excluding hydrogens is 428 g/mol. The number of nitrogens with zero attached hydrogens (tertiary/aromatic N) is 1. The van der Waals surface area contributed by atoms with Gasteiger partial charge in [0, 0.05) is 31.6 Å². The molecule has 2 aromatic rings. The fraction of sp³-hybridized carbons (Fsp3) is 0.417. The topological polar surface area (TPSA) is 92.8 Å². The van der Waals surface area contributed by atoms with Crippen LogP contribution in [0.2, 0.25) is 0 Å². The highest BCUT2D eigenvalue weighted by Gasteiger charge is 2.27. The van der Waals surface area contributed by atoms with Gasteiger partial charge in [0.25, 0.3) is 0 Å². The Morgan fingerprint density at radius 1 is 1.00 bits per heavy atom. The lowest BCUT2D eigenvalue weighted by Gasteiger charge is -2.29. The zero-order chi connectivity index (χ0) is 23.0.